The number of nitrogens with one attached hydrogen (secondary N) is 1. The van der Waals surface area contributed by atoms with Gasteiger partial charge in [-0.1, -0.05) is 45.9 Å². The highest BCUT2D eigenvalue weighted by atomic mass is 16.4. The van der Waals surface area contributed by atoms with Gasteiger partial charge in [0.2, 0.25) is 5.91 Å². The molecule has 2 N–H and O–H groups in total. The number of carbonyl (C=O) groups is 2. The van der Waals surface area contributed by atoms with Gasteiger partial charge in [-0.3, -0.25) is 14.5 Å². The lowest BCUT2D eigenvalue weighted by Crippen LogP contribution is -2.41. The van der Waals surface area contributed by atoms with E-state index in [9.17, 15) is 9.59 Å². The first-order valence-corrected chi connectivity index (χ1v) is 8.52. The lowest BCUT2D eigenvalue weighted by Gasteiger charge is -2.25. The Balaban J connectivity index is 3.02. The minimum absolute atomic E-state index is 0.0169. The van der Waals surface area contributed by atoms with E-state index in [4.69, 9.17) is 5.11 Å². The maximum Gasteiger partial charge on any atom is 0.317 e. The predicted octanol–water partition coefficient (Wildman–Crippen LogP) is 3.67. The summed E-state index contributed by atoms with van der Waals surface area (Å²) >= 11 is 0. The van der Waals surface area contributed by atoms with E-state index in [0.29, 0.717) is 11.8 Å². The molecule has 1 amide bonds. The molecule has 1 rings (SSSR count). The third-order valence-corrected chi connectivity index (χ3v) is 4.05. The summed E-state index contributed by atoms with van der Waals surface area (Å²) in [6.45, 7) is 12.1. The van der Waals surface area contributed by atoms with Crippen LogP contribution in [0.5, 0.6) is 0 Å². The van der Waals surface area contributed by atoms with Crippen molar-refractivity contribution in [3.8, 4) is 0 Å². The number of amides is 1. The molecule has 0 saturated carbocycles. The van der Waals surface area contributed by atoms with Crippen molar-refractivity contribution in [1.82, 2.24) is 4.90 Å². The second kappa shape index (κ2) is 8.83. The summed E-state index contributed by atoms with van der Waals surface area (Å²) < 4.78 is 0. The lowest BCUT2D eigenvalue weighted by atomic mass is 9.92. The van der Waals surface area contributed by atoms with Crippen molar-refractivity contribution >= 4 is 17.6 Å². The van der Waals surface area contributed by atoms with Crippen LogP contribution >= 0.6 is 0 Å². The van der Waals surface area contributed by atoms with Crippen molar-refractivity contribution in [3.63, 3.8) is 0 Å². The molecule has 0 aliphatic rings. The Hall–Kier alpha value is -1.88. The number of para-hydroxylation sites is 1. The summed E-state index contributed by atoms with van der Waals surface area (Å²) in [6.07, 6.45) is 0. The van der Waals surface area contributed by atoms with Crippen LogP contribution in [0.3, 0.4) is 0 Å². The average Bonchev–Trinajstić information content (AvgIpc) is 2.45. The van der Waals surface area contributed by atoms with Crippen LogP contribution in [-0.4, -0.2) is 41.0 Å². The van der Waals surface area contributed by atoms with E-state index in [1.807, 2.05) is 32.0 Å². The molecule has 0 unspecified atom stereocenters. The Morgan fingerprint density at radius 2 is 1.50 bits per heavy atom. The van der Waals surface area contributed by atoms with E-state index in [1.54, 1.807) is 4.90 Å². The maximum atomic E-state index is 12.5. The number of anilines is 1. The molecule has 0 radical (unpaired) electrons. The van der Waals surface area contributed by atoms with Gasteiger partial charge < -0.3 is 10.4 Å². The molecular formula is C19H30N2O3. The zero-order valence-electron chi connectivity index (χ0n) is 15.6. The van der Waals surface area contributed by atoms with Crippen LogP contribution in [-0.2, 0) is 9.59 Å². The smallest absolute Gasteiger partial charge is 0.317 e. The van der Waals surface area contributed by atoms with E-state index in [-0.39, 0.29) is 25.0 Å². The van der Waals surface area contributed by atoms with Gasteiger partial charge in [-0.05, 0) is 36.8 Å². The van der Waals surface area contributed by atoms with Crippen LogP contribution in [0.1, 0.15) is 64.5 Å². The summed E-state index contributed by atoms with van der Waals surface area (Å²) in [6, 6.07) is 6.06. The van der Waals surface area contributed by atoms with Gasteiger partial charge in [0.1, 0.15) is 0 Å². The zero-order chi connectivity index (χ0) is 18.4. The zero-order valence-corrected chi connectivity index (χ0v) is 15.6. The summed E-state index contributed by atoms with van der Waals surface area (Å²) in [5.74, 6) is -0.527. The molecule has 0 saturated heterocycles. The molecule has 24 heavy (non-hydrogen) atoms. The van der Waals surface area contributed by atoms with Gasteiger partial charge in [0.15, 0.2) is 0 Å². The lowest BCUT2D eigenvalue weighted by molar-refractivity contribution is -0.139. The molecule has 0 aliphatic heterocycles. The highest BCUT2D eigenvalue weighted by molar-refractivity contribution is 5.94. The van der Waals surface area contributed by atoms with Crippen LogP contribution in [0.2, 0.25) is 0 Å². The number of benzene rings is 1. The number of aliphatic carboxylic acids is 1. The van der Waals surface area contributed by atoms with Gasteiger partial charge in [0, 0.05) is 11.7 Å². The molecule has 1 aromatic carbocycles. The van der Waals surface area contributed by atoms with Gasteiger partial charge in [0.25, 0.3) is 0 Å². The van der Waals surface area contributed by atoms with Gasteiger partial charge in [-0.2, -0.15) is 0 Å². The second-order valence-electron chi connectivity index (χ2n) is 7.06. The standard InChI is InChI=1S/C19H30N2O3/c1-12(2)15-8-7-9-16(13(3)4)19(15)20-17(22)10-21(14(5)6)11-18(23)24/h7-9,12-14H,10-11H2,1-6H3,(H,20,22)(H,23,24). The third kappa shape index (κ3) is 5.64. The number of carboxylic acids is 1. The topological polar surface area (TPSA) is 69.6 Å². The molecule has 0 aromatic heterocycles. The quantitative estimate of drug-likeness (QED) is 0.761. The van der Waals surface area contributed by atoms with Crippen LogP contribution < -0.4 is 5.32 Å². The van der Waals surface area contributed by atoms with E-state index in [0.717, 1.165) is 16.8 Å². The Kier molecular flexibility index (Phi) is 7.42. The fraction of sp³-hybridized carbons (Fsp3) is 0.579. The predicted molar refractivity (Wildman–Crippen MR) is 97.6 cm³/mol. The van der Waals surface area contributed by atoms with Crippen molar-refractivity contribution < 1.29 is 14.7 Å². The Morgan fingerprint density at radius 1 is 1.00 bits per heavy atom. The number of hydrogen-bond acceptors (Lipinski definition) is 3. The largest absolute Gasteiger partial charge is 0.480 e. The molecular weight excluding hydrogens is 304 g/mol. The molecule has 5 heteroatoms. The molecule has 1 aromatic rings. The van der Waals surface area contributed by atoms with Crippen LogP contribution in [0.15, 0.2) is 18.2 Å². The van der Waals surface area contributed by atoms with E-state index < -0.39 is 5.97 Å². The van der Waals surface area contributed by atoms with Gasteiger partial charge in [-0.25, -0.2) is 0 Å². The normalized spacial score (nSPS) is 11.6. The van der Waals surface area contributed by atoms with Crippen LogP contribution in [0.4, 0.5) is 5.69 Å². The first-order valence-electron chi connectivity index (χ1n) is 8.52. The number of carboxylic acid groups (broad SMARTS) is 1. The van der Waals surface area contributed by atoms with Crippen molar-refractivity contribution in [2.75, 3.05) is 18.4 Å². The summed E-state index contributed by atoms with van der Waals surface area (Å²) in [5, 5.41) is 12.0. The van der Waals surface area contributed by atoms with Crippen molar-refractivity contribution in [2.45, 2.75) is 59.4 Å². The van der Waals surface area contributed by atoms with Gasteiger partial charge >= 0.3 is 5.97 Å². The number of carbonyl (C=O) groups excluding carboxylic acids is 1. The van der Waals surface area contributed by atoms with Crippen molar-refractivity contribution in [3.05, 3.63) is 29.3 Å². The summed E-state index contributed by atoms with van der Waals surface area (Å²) in [7, 11) is 0. The number of rotatable bonds is 8. The fourth-order valence-corrected chi connectivity index (χ4v) is 2.65. The fourth-order valence-electron chi connectivity index (χ4n) is 2.65. The summed E-state index contributed by atoms with van der Waals surface area (Å²) in [4.78, 5) is 25.1. The van der Waals surface area contributed by atoms with Gasteiger partial charge in [-0.15, -0.1) is 0 Å². The van der Waals surface area contributed by atoms with Crippen molar-refractivity contribution in [1.29, 1.82) is 0 Å². The molecule has 0 heterocycles. The minimum Gasteiger partial charge on any atom is -0.480 e. The molecule has 0 spiro atoms. The highest BCUT2D eigenvalue weighted by Gasteiger charge is 2.20. The number of hydrogen-bond donors (Lipinski definition) is 2. The molecule has 5 nitrogen and oxygen atoms in total. The Morgan fingerprint density at radius 3 is 1.88 bits per heavy atom. The van der Waals surface area contributed by atoms with Crippen LogP contribution in [0.25, 0.3) is 0 Å². The monoisotopic (exact) mass is 334 g/mol. The molecule has 134 valence electrons. The van der Waals surface area contributed by atoms with E-state index in [2.05, 4.69) is 33.0 Å². The Bertz CT molecular complexity index is 554. The van der Waals surface area contributed by atoms with Crippen LogP contribution in [0, 0.1) is 0 Å². The van der Waals surface area contributed by atoms with E-state index in [1.165, 1.54) is 0 Å². The van der Waals surface area contributed by atoms with Gasteiger partial charge in [0.05, 0.1) is 13.1 Å². The van der Waals surface area contributed by atoms with E-state index >= 15 is 0 Å². The second-order valence-corrected chi connectivity index (χ2v) is 7.06. The molecule has 0 fully saturated rings. The SMILES string of the molecule is CC(C)c1cccc(C(C)C)c1NC(=O)CN(CC(=O)O)C(C)C. The highest BCUT2D eigenvalue weighted by Crippen LogP contribution is 2.32. The first kappa shape index (κ1) is 20.2. The molecule has 0 bridgehead atoms. The van der Waals surface area contributed by atoms with Crippen molar-refractivity contribution in [2.24, 2.45) is 0 Å². The molecule has 0 atom stereocenters. The Labute approximate surface area is 145 Å². The first-order chi connectivity index (χ1) is 11.1. The molecule has 0 aliphatic carbocycles. The third-order valence-electron chi connectivity index (χ3n) is 4.05. The minimum atomic E-state index is -0.929. The average molecular weight is 334 g/mol. The summed E-state index contributed by atoms with van der Waals surface area (Å²) in [5.41, 5.74) is 3.07. The number of nitrogens with zero attached hydrogens (tertiary/aromatic N) is 1. The maximum absolute atomic E-state index is 12.5.